The molecule has 0 spiro atoms. The summed E-state index contributed by atoms with van der Waals surface area (Å²) >= 11 is 0. The minimum Gasteiger partial charge on any atom is -0.497 e. The van der Waals surface area contributed by atoms with Crippen molar-refractivity contribution in [2.45, 2.75) is 20.8 Å². The van der Waals surface area contributed by atoms with Gasteiger partial charge < -0.3 is 9.72 Å². The van der Waals surface area contributed by atoms with Gasteiger partial charge in [0.15, 0.2) is 11.4 Å². The number of nitrogens with zero attached hydrogens (tertiary/aromatic N) is 2. The maximum Gasteiger partial charge on any atom is 0.171 e. The van der Waals surface area contributed by atoms with Crippen LogP contribution in [-0.2, 0) is 0 Å². The molecule has 1 N–H and O–H groups in total. The smallest absolute Gasteiger partial charge is 0.171 e. The van der Waals surface area contributed by atoms with Crippen LogP contribution >= 0.6 is 0 Å². The van der Waals surface area contributed by atoms with Gasteiger partial charge in [0.25, 0.3) is 0 Å². The molecule has 0 aliphatic heterocycles. The fraction of sp³-hybridized carbons (Fsp3) is 0.278. The number of H-pyrrole nitrogens is 1. The Hall–Kier alpha value is -2.69. The van der Waals surface area contributed by atoms with E-state index in [0.29, 0.717) is 16.7 Å². The van der Waals surface area contributed by atoms with Gasteiger partial charge in [0.2, 0.25) is 0 Å². The second-order valence-corrected chi connectivity index (χ2v) is 6.46. The lowest BCUT2D eigenvalue weighted by atomic mass is 9.87. The van der Waals surface area contributed by atoms with Gasteiger partial charge in [-0.15, -0.1) is 0 Å². The molecule has 0 saturated heterocycles. The predicted octanol–water partition coefficient (Wildman–Crippen LogP) is 3.86. The Morgan fingerprint density at radius 2 is 1.87 bits per heavy atom. The number of methoxy groups -OCH3 is 1. The second kappa shape index (κ2) is 5.50. The lowest BCUT2D eigenvalue weighted by molar-refractivity contribution is 0.0860. The van der Waals surface area contributed by atoms with Crippen LogP contribution in [0.3, 0.4) is 0 Å². The number of carbonyl (C=O) groups is 1. The molecule has 3 rings (SSSR count). The van der Waals surface area contributed by atoms with Gasteiger partial charge in [-0.25, -0.2) is 9.97 Å². The third-order valence-corrected chi connectivity index (χ3v) is 3.69. The first-order valence-corrected chi connectivity index (χ1v) is 7.43. The number of nitrogens with one attached hydrogen (secondary N) is 1. The topological polar surface area (TPSA) is 67.9 Å². The molecule has 5 nitrogen and oxygen atoms in total. The maximum atomic E-state index is 12.6. The number of benzene rings is 1. The van der Waals surface area contributed by atoms with E-state index in [1.165, 1.54) is 0 Å². The number of hydrogen-bond acceptors (Lipinski definition) is 4. The van der Waals surface area contributed by atoms with Crippen LogP contribution in [-0.4, -0.2) is 27.8 Å². The van der Waals surface area contributed by atoms with Crippen molar-refractivity contribution in [3.05, 3.63) is 42.2 Å². The number of aromatic nitrogens is 3. The second-order valence-electron chi connectivity index (χ2n) is 6.46. The largest absolute Gasteiger partial charge is 0.497 e. The molecule has 2 aromatic heterocycles. The zero-order valence-electron chi connectivity index (χ0n) is 13.7. The average molecular weight is 309 g/mol. The fourth-order valence-electron chi connectivity index (χ4n) is 2.37. The molecule has 0 atom stereocenters. The summed E-state index contributed by atoms with van der Waals surface area (Å²) in [5.74, 6) is 0.831. The molecule has 0 fully saturated rings. The van der Waals surface area contributed by atoms with Gasteiger partial charge in [0.05, 0.1) is 24.6 Å². The first-order chi connectivity index (χ1) is 10.9. The predicted molar refractivity (Wildman–Crippen MR) is 89.7 cm³/mol. The monoisotopic (exact) mass is 309 g/mol. The van der Waals surface area contributed by atoms with Crippen molar-refractivity contribution in [2.24, 2.45) is 5.41 Å². The minimum absolute atomic E-state index is 0.0462. The van der Waals surface area contributed by atoms with E-state index in [9.17, 15) is 4.79 Å². The van der Waals surface area contributed by atoms with Gasteiger partial charge in [0.1, 0.15) is 11.3 Å². The zero-order chi connectivity index (χ0) is 16.6. The lowest BCUT2D eigenvalue weighted by Crippen LogP contribution is -2.20. The number of Topliss-reactive ketones (excluding diaryl/α,β-unsaturated/α-hetero) is 1. The number of fused-ring (bicyclic) bond motifs is 1. The van der Waals surface area contributed by atoms with Crippen molar-refractivity contribution in [1.29, 1.82) is 0 Å². The van der Waals surface area contributed by atoms with E-state index in [1.807, 2.05) is 45.0 Å². The highest BCUT2D eigenvalue weighted by Crippen LogP contribution is 2.27. The summed E-state index contributed by atoms with van der Waals surface area (Å²) in [5, 5.41) is 0. The molecule has 0 saturated carbocycles. The number of aromatic amines is 1. The Bertz CT molecular complexity index is 858. The molecule has 0 radical (unpaired) electrons. The summed E-state index contributed by atoms with van der Waals surface area (Å²) < 4.78 is 5.17. The lowest BCUT2D eigenvalue weighted by Gasteiger charge is -2.15. The van der Waals surface area contributed by atoms with Crippen LogP contribution < -0.4 is 4.74 Å². The highest BCUT2D eigenvalue weighted by Gasteiger charge is 2.26. The molecule has 0 aliphatic carbocycles. The Labute approximate surface area is 134 Å². The van der Waals surface area contributed by atoms with Gasteiger partial charge >= 0.3 is 0 Å². The summed E-state index contributed by atoms with van der Waals surface area (Å²) in [6.45, 7) is 5.69. The third kappa shape index (κ3) is 2.82. The van der Waals surface area contributed by atoms with Gasteiger partial charge in [-0.2, -0.15) is 0 Å². The molecular formula is C18H19N3O2. The molecule has 0 unspecified atom stereocenters. The normalized spacial score (nSPS) is 11.7. The Morgan fingerprint density at radius 1 is 1.17 bits per heavy atom. The van der Waals surface area contributed by atoms with Crippen LogP contribution in [0.25, 0.3) is 22.4 Å². The highest BCUT2D eigenvalue weighted by molar-refractivity contribution is 6.08. The quantitative estimate of drug-likeness (QED) is 0.746. The molecule has 0 bridgehead atoms. The SMILES string of the molecule is COc1ccc(-c2cnc3[nH]cc(C(=O)C(C)(C)C)c3n2)cc1. The summed E-state index contributed by atoms with van der Waals surface area (Å²) in [6, 6.07) is 7.60. The Balaban J connectivity index is 2.08. The molecule has 3 aromatic rings. The van der Waals surface area contributed by atoms with Crippen molar-refractivity contribution < 1.29 is 9.53 Å². The number of ether oxygens (including phenoxy) is 1. The molecule has 0 amide bonds. The summed E-state index contributed by atoms with van der Waals surface area (Å²) in [7, 11) is 1.63. The van der Waals surface area contributed by atoms with E-state index in [2.05, 4.69) is 15.0 Å². The van der Waals surface area contributed by atoms with Gasteiger partial charge in [-0.3, -0.25) is 4.79 Å². The molecule has 5 heteroatoms. The first-order valence-electron chi connectivity index (χ1n) is 7.43. The van der Waals surface area contributed by atoms with Gasteiger partial charge in [-0.1, -0.05) is 20.8 Å². The van der Waals surface area contributed by atoms with Crippen molar-refractivity contribution in [2.75, 3.05) is 7.11 Å². The van der Waals surface area contributed by atoms with Crippen LogP contribution in [0.15, 0.2) is 36.7 Å². The number of rotatable bonds is 3. The van der Waals surface area contributed by atoms with E-state index in [4.69, 9.17) is 4.74 Å². The molecular weight excluding hydrogens is 290 g/mol. The molecule has 2 heterocycles. The first kappa shape index (κ1) is 15.2. The minimum atomic E-state index is -0.465. The number of carbonyl (C=O) groups excluding carboxylic acids is 1. The van der Waals surface area contributed by atoms with E-state index < -0.39 is 5.41 Å². The van der Waals surface area contributed by atoms with Crippen LogP contribution in [0, 0.1) is 5.41 Å². The van der Waals surface area contributed by atoms with Crippen LogP contribution in [0.4, 0.5) is 0 Å². The Kier molecular flexibility index (Phi) is 3.64. The van der Waals surface area contributed by atoms with E-state index in [-0.39, 0.29) is 5.78 Å². The summed E-state index contributed by atoms with van der Waals surface area (Å²) in [5.41, 5.74) is 2.99. The fourth-order valence-corrected chi connectivity index (χ4v) is 2.37. The molecule has 1 aromatic carbocycles. The van der Waals surface area contributed by atoms with Gasteiger partial charge in [0, 0.05) is 17.2 Å². The van der Waals surface area contributed by atoms with Crippen LogP contribution in [0.5, 0.6) is 5.75 Å². The van der Waals surface area contributed by atoms with Crippen molar-refractivity contribution >= 4 is 16.9 Å². The van der Waals surface area contributed by atoms with E-state index >= 15 is 0 Å². The number of ketones is 1. The van der Waals surface area contributed by atoms with Crippen molar-refractivity contribution in [3.63, 3.8) is 0 Å². The molecule has 118 valence electrons. The average Bonchev–Trinajstić information content (AvgIpc) is 2.96. The zero-order valence-corrected chi connectivity index (χ0v) is 13.7. The molecule has 23 heavy (non-hydrogen) atoms. The van der Waals surface area contributed by atoms with Crippen molar-refractivity contribution in [1.82, 2.24) is 15.0 Å². The van der Waals surface area contributed by atoms with Crippen LogP contribution in [0.1, 0.15) is 31.1 Å². The summed E-state index contributed by atoms with van der Waals surface area (Å²) in [6.07, 6.45) is 3.39. The summed E-state index contributed by atoms with van der Waals surface area (Å²) in [4.78, 5) is 24.6. The van der Waals surface area contributed by atoms with E-state index in [0.717, 1.165) is 17.0 Å². The van der Waals surface area contributed by atoms with E-state index in [1.54, 1.807) is 19.5 Å². The standard InChI is InChI=1S/C18H19N3O2/c1-18(2,3)16(22)13-9-19-17-15(13)21-14(10-20-17)11-5-7-12(23-4)8-6-11/h5-10H,1-4H3,(H,19,20). The highest BCUT2D eigenvalue weighted by atomic mass is 16.5. The van der Waals surface area contributed by atoms with Crippen LogP contribution in [0.2, 0.25) is 0 Å². The maximum absolute atomic E-state index is 12.6. The van der Waals surface area contributed by atoms with Crippen molar-refractivity contribution in [3.8, 4) is 17.0 Å². The number of hydrogen-bond donors (Lipinski definition) is 1. The molecule has 0 aliphatic rings. The third-order valence-electron chi connectivity index (χ3n) is 3.69. The Morgan fingerprint density at radius 3 is 2.48 bits per heavy atom. The van der Waals surface area contributed by atoms with Gasteiger partial charge in [-0.05, 0) is 24.3 Å².